The van der Waals surface area contributed by atoms with E-state index in [1.807, 2.05) is 6.08 Å². The Morgan fingerprint density at radius 3 is 1.23 bits per heavy atom. The molecule has 318 valence electrons. The number of hydrogen-bond acceptors (Lipinski definition) is 3. The van der Waals surface area contributed by atoms with Crippen LogP contribution in [0.5, 0.6) is 0 Å². The average Bonchev–Trinajstić information content (AvgIpc) is 4.11. The van der Waals surface area contributed by atoms with Crippen molar-refractivity contribution in [3.8, 4) is 44.5 Å². The van der Waals surface area contributed by atoms with Crippen LogP contribution in [0.3, 0.4) is 0 Å². The first-order valence-corrected chi connectivity index (χ1v) is 21.7. The summed E-state index contributed by atoms with van der Waals surface area (Å²) in [4.78, 5) is 37.5. The second-order valence-corrected chi connectivity index (χ2v) is 17.0. The predicted molar refractivity (Wildman–Crippen MR) is 267 cm³/mol. The molecule has 7 nitrogen and oxygen atoms in total. The van der Waals surface area contributed by atoms with Crippen LogP contribution in [0.1, 0.15) is 67.3 Å². The Morgan fingerprint density at radius 2 is 0.864 bits per heavy atom. The first-order valence-electron chi connectivity index (χ1n) is 21.7. The van der Waals surface area contributed by atoms with Gasteiger partial charge in [-0.25, -0.2) is 14.8 Å². The molecule has 5 heterocycles. The summed E-state index contributed by atoms with van der Waals surface area (Å²) in [5, 5.41) is 9.76. The molecule has 0 radical (unpaired) electrons. The molecule has 0 saturated heterocycles. The van der Waals surface area contributed by atoms with Gasteiger partial charge in [0.15, 0.2) is 0 Å². The van der Waals surface area contributed by atoms with Crippen molar-refractivity contribution in [2.24, 2.45) is 0 Å². The number of benzene rings is 4. The standard InChI is InChI=1S/C58H48N5O2.Zn/c1-32-15-10-16-33(2)49(32)53-41-25-26-42(60-41)54(50-34(3)17-11-18-35(50)4)44-29-30-46(62-44)56(52-38(7)21-13-22-39(52)8)57-40(23-14-24-47(59-9)58(64)65)31-48(63-57)55(45-28-27-43(53)61-45)51-36(5)19-12-20-37(51)6;/h10-31H,1-8H3,(H2-,60,61,62,63,64,65);/q-1;+2/p-1/b23-14+,47-24-,53-41?,53-43?,54-42?,54-44?,55-45?,55-48?,56-46?,57-56?;. The minimum atomic E-state index is -1.29. The fourth-order valence-electron chi connectivity index (χ4n) is 9.57. The first-order chi connectivity index (χ1) is 31.3. The Morgan fingerprint density at radius 1 is 0.515 bits per heavy atom. The van der Waals surface area contributed by atoms with Crippen LogP contribution in [-0.2, 0) is 24.3 Å². The van der Waals surface area contributed by atoms with Crippen molar-refractivity contribution >= 4 is 51.8 Å². The number of allylic oxidation sites excluding steroid dienone is 4. The van der Waals surface area contributed by atoms with E-state index in [2.05, 4.69) is 176 Å². The maximum absolute atomic E-state index is 12.0. The number of carboxylic acid groups (broad SMARTS) is 1. The van der Waals surface area contributed by atoms with Crippen LogP contribution in [-0.4, -0.2) is 21.0 Å². The summed E-state index contributed by atoms with van der Waals surface area (Å²) in [6.45, 7) is 24.5. The molecule has 3 aromatic heterocycles. The van der Waals surface area contributed by atoms with Crippen molar-refractivity contribution in [3.63, 3.8) is 0 Å². The number of hydrogen-bond donors (Lipinski definition) is 1. The molecule has 0 saturated carbocycles. The monoisotopic (exact) mass is 909 g/mol. The maximum Gasteiger partial charge on any atom is 2.00 e. The molecule has 0 amide bonds. The third-order valence-electron chi connectivity index (χ3n) is 12.5. The van der Waals surface area contributed by atoms with E-state index in [1.165, 1.54) is 6.08 Å². The van der Waals surface area contributed by atoms with Crippen LogP contribution in [0.4, 0.5) is 0 Å². The molecule has 0 spiro atoms. The first kappa shape index (κ1) is 45.1. The Bertz CT molecular complexity index is 3430. The second kappa shape index (κ2) is 18.2. The molecule has 8 bridgehead atoms. The van der Waals surface area contributed by atoms with Crippen molar-refractivity contribution in [2.75, 3.05) is 0 Å². The number of fused-ring (bicyclic) bond motifs is 8. The topological polar surface area (TPSA) is 95.6 Å². The zero-order valence-electron chi connectivity index (χ0n) is 38.5. The van der Waals surface area contributed by atoms with Gasteiger partial charge in [0, 0.05) is 5.57 Å². The summed E-state index contributed by atoms with van der Waals surface area (Å²) in [5.74, 6) is -1.29. The maximum atomic E-state index is 12.0. The fourth-order valence-corrected chi connectivity index (χ4v) is 9.57. The molecular weight excluding hydrogens is 864 g/mol. The summed E-state index contributed by atoms with van der Waals surface area (Å²) < 4.78 is 0. The molecule has 7 aromatic rings. The van der Waals surface area contributed by atoms with Gasteiger partial charge in [0.2, 0.25) is 0 Å². The number of nitrogens with zero attached hydrogens (tertiary/aromatic N) is 5. The molecule has 0 fully saturated rings. The normalized spacial score (nSPS) is 12.3. The molecule has 0 atom stereocenters. The number of aliphatic carboxylic acids is 1. The summed E-state index contributed by atoms with van der Waals surface area (Å²) >= 11 is 0. The molecule has 4 aromatic carbocycles. The number of aryl methyl sites for hydroxylation is 8. The third-order valence-corrected chi connectivity index (χ3v) is 12.5. The summed E-state index contributed by atoms with van der Waals surface area (Å²) in [6.07, 6.45) is 11.1. The number of carboxylic acids is 1. The third kappa shape index (κ3) is 8.01. The zero-order valence-corrected chi connectivity index (χ0v) is 41.5. The van der Waals surface area contributed by atoms with Crippen molar-refractivity contribution in [1.82, 2.24) is 19.9 Å². The number of rotatable bonds is 7. The molecule has 1 N–H and O–H groups in total. The number of carbonyl (C=O) groups is 1. The van der Waals surface area contributed by atoms with E-state index >= 15 is 0 Å². The molecule has 8 heteroatoms. The molecule has 0 unspecified atom stereocenters. The zero-order chi connectivity index (χ0) is 45.7. The quantitative estimate of drug-likeness (QED) is 0.0741. The minimum absolute atomic E-state index is 0. The largest absolute Gasteiger partial charge is 2.00 e. The molecule has 0 aliphatic carbocycles. The van der Waals surface area contributed by atoms with E-state index < -0.39 is 5.97 Å². The van der Waals surface area contributed by atoms with Gasteiger partial charge in [0.1, 0.15) is 0 Å². The molecule has 9 rings (SSSR count). The van der Waals surface area contributed by atoms with Crippen LogP contribution in [0.15, 0.2) is 121 Å². The van der Waals surface area contributed by atoms with Crippen LogP contribution >= 0.6 is 0 Å². The van der Waals surface area contributed by atoms with Crippen molar-refractivity contribution in [1.29, 1.82) is 0 Å². The predicted octanol–water partition coefficient (Wildman–Crippen LogP) is 13.9. The molecular formula is C58H47N5O2Zn. The van der Waals surface area contributed by atoms with Gasteiger partial charge < -0.3 is 15.1 Å². The van der Waals surface area contributed by atoms with E-state index in [9.17, 15) is 9.90 Å². The van der Waals surface area contributed by atoms with Gasteiger partial charge in [-0.05, 0) is 169 Å². The molecule has 2 aliphatic heterocycles. The van der Waals surface area contributed by atoms with Crippen LogP contribution in [0, 0.1) is 62.0 Å². The molecule has 66 heavy (non-hydrogen) atoms. The summed E-state index contributed by atoms with van der Waals surface area (Å²) in [5.41, 5.74) is 22.8. The Hall–Kier alpha value is -7.46. The van der Waals surface area contributed by atoms with E-state index in [0.717, 1.165) is 128 Å². The van der Waals surface area contributed by atoms with Crippen LogP contribution in [0.2, 0.25) is 0 Å². The Kier molecular flexibility index (Phi) is 12.4. The Balaban J connectivity index is 0.00000592. The van der Waals surface area contributed by atoms with Gasteiger partial charge in [-0.15, -0.1) is 22.1 Å². The Labute approximate surface area is 398 Å². The fraction of sp³-hybridized carbons (Fsp3) is 0.138. The van der Waals surface area contributed by atoms with Gasteiger partial charge in [-0.2, -0.15) is 0 Å². The van der Waals surface area contributed by atoms with Crippen LogP contribution in [0.25, 0.3) is 95.2 Å². The number of aromatic nitrogens is 4. The van der Waals surface area contributed by atoms with E-state index in [0.29, 0.717) is 11.4 Å². The van der Waals surface area contributed by atoms with Crippen LogP contribution < -0.4 is 9.97 Å². The smallest absolute Gasteiger partial charge is 0.657 e. The van der Waals surface area contributed by atoms with Crippen molar-refractivity contribution in [2.45, 2.75) is 55.4 Å². The SMILES string of the molecule is [C-]#[N+]/C(=C\C=C\C1=Cc2nc1c(-c1c(C)cccc1C)c1ccc([n-]1)c(-c1c(C)cccc1C)c1nc(c(-c3c(C)cccc3C)c3ccc([n-]3)c2-c2c(C)cccc2C)C=C1)C(=O)O.[Zn+2]. The van der Waals surface area contributed by atoms with Crippen molar-refractivity contribution in [3.05, 3.63) is 200 Å². The summed E-state index contributed by atoms with van der Waals surface area (Å²) in [6, 6.07) is 33.6. The average molecular weight is 911 g/mol. The van der Waals surface area contributed by atoms with E-state index in [1.54, 1.807) is 6.08 Å². The minimum Gasteiger partial charge on any atom is -0.657 e. The van der Waals surface area contributed by atoms with Gasteiger partial charge >= 0.3 is 25.4 Å². The van der Waals surface area contributed by atoms with Crippen molar-refractivity contribution < 1.29 is 29.4 Å². The van der Waals surface area contributed by atoms with E-state index in [-0.39, 0.29) is 25.2 Å². The van der Waals surface area contributed by atoms with Gasteiger partial charge in [0.05, 0.1) is 29.3 Å². The summed E-state index contributed by atoms with van der Waals surface area (Å²) in [7, 11) is 0. The van der Waals surface area contributed by atoms with Gasteiger partial charge in [-0.3, -0.25) is 4.79 Å². The van der Waals surface area contributed by atoms with E-state index in [4.69, 9.17) is 26.5 Å². The van der Waals surface area contributed by atoms with Gasteiger partial charge in [0.25, 0.3) is 5.70 Å². The second-order valence-electron chi connectivity index (χ2n) is 17.0. The van der Waals surface area contributed by atoms with Gasteiger partial charge in [-0.1, -0.05) is 109 Å². The molecule has 2 aliphatic rings.